The number of rotatable bonds is 2. The van der Waals surface area contributed by atoms with E-state index in [0.717, 1.165) is 21.3 Å². The number of nitrogens with zero attached hydrogens (tertiary/aromatic N) is 1. The molecule has 36 heavy (non-hydrogen) atoms. The highest BCUT2D eigenvalue weighted by Crippen LogP contribution is 2.61. The Hall–Kier alpha value is -3.31. The van der Waals surface area contributed by atoms with Crippen LogP contribution in [-0.4, -0.2) is 29.4 Å². The molecule has 0 aromatic heterocycles. The minimum Gasteiger partial charge on any atom is -0.352 e. The molecule has 0 saturated carbocycles. The van der Waals surface area contributed by atoms with Crippen LogP contribution in [0.15, 0.2) is 83.3 Å². The molecule has 0 N–H and O–H groups in total. The van der Waals surface area contributed by atoms with Gasteiger partial charge in [-0.2, -0.15) is 0 Å². The van der Waals surface area contributed by atoms with Gasteiger partial charge in [-0.3, -0.25) is 14.4 Å². The first-order chi connectivity index (χ1) is 17.2. The third-order valence-electron chi connectivity index (χ3n) is 7.95. The van der Waals surface area contributed by atoms with E-state index >= 15 is 0 Å². The Kier molecular flexibility index (Phi) is 5.03. The summed E-state index contributed by atoms with van der Waals surface area (Å²) in [5, 5.41) is 0. The third kappa shape index (κ3) is 2.95. The van der Waals surface area contributed by atoms with Gasteiger partial charge in [0.05, 0.1) is 12.1 Å². The van der Waals surface area contributed by atoms with Gasteiger partial charge in [-0.05, 0) is 29.3 Å². The van der Waals surface area contributed by atoms with Crippen molar-refractivity contribution in [3.05, 3.63) is 106 Å². The molecule has 2 aliphatic heterocycles. The Morgan fingerprint density at radius 3 is 2.06 bits per heavy atom. The van der Waals surface area contributed by atoms with Gasteiger partial charge >= 0.3 is 0 Å². The number of para-hydroxylation sites is 1. The molecule has 1 spiro atoms. The first kappa shape index (κ1) is 23.1. The molecule has 4 nitrogen and oxygen atoms in total. The number of benzene rings is 3. The molecule has 1 saturated heterocycles. The molecule has 0 amide bonds. The average molecular weight is 540 g/mol. The molecule has 6 rings (SSSR count). The number of halogens is 1. The van der Waals surface area contributed by atoms with Gasteiger partial charge in [0.15, 0.2) is 17.3 Å². The lowest BCUT2D eigenvalue weighted by molar-refractivity contribution is -0.127. The van der Waals surface area contributed by atoms with Crippen molar-refractivity contribution in [2.75, 3.05) is 4.90 Å². The number of fused-ring (bicyclic) bond motifs is 5. The van der Waals surface area contributed by atoms with E-state index in [1.807, 2.05) is 81.5 Å². The number of hydrogen-bond donors (Lipinski definition) is 0. The molecular formula is C31H26BrNO3. The van der Waals surface area contributed by atoms with Crippen LogP contribution in [0.3, 0.4) is 0 Å². The number of hydrogen-bond acceptors (Lipinski definition) is 4. The van der Waals surface area contributed by atoms with Crippen LogP contribution >= 0.6 is 15.9 Å². The number of carbonyl (C=O) groups excluding carboxylic acids is 3. The summed E-state index contributed by atoms with van der Waals surface area (Å²) < 4.78 is 0.896. The Labute approximate surface area is 219 Å². The van der Waals surface area contributed by atoms with Crippen LogP contribution < -0.4 is 4.90 Å². The van der Waals surface area contributed by atoms with Crippen molar-refractivity contribution < 1.29 is 14.4 Å². The highest BCUT2D eigenvalue weighted by Gasteiger charge is 2.71. The van der Waals surface area contributed by atoms with Gasteiger partial charge in [0.25, 0.3) is 0 Å². The van der Waals surface area contributed by atoms with Crippen LogP contribution in [0.1, 0.15) is 58.5 Å². The van der Waals surface area contributed by atoms with Crippen molar-refractivity contribution in [2.45, 2.75) is 38.8 Å². The van der Waals surface area contributed by atoms with Crippen LogP contribution in [-0.2, 0) is 4.79 Å². The molecule has 3 aromatic rings. The van der Waals surface area contributed by atoms with Gasteiger partial charge in [-0.1, -0.05) is 103 Å². The lowest BCUT2D eigenvalue weighted by Crippen LogP contribution is -2.49. The molecule has 0 radical (unpaired) electrons. The number of carbonyl (C=O) groups is 3. The summed E-state index contributed by atoms with van der Waals surface area (Å²) in [5.74, 6) is -1.02. The summed E-state index contributed by atoms with van der Waals surface area (Å²) >= 11 is 3.51. The standard InChI is InChI=1S/C31H26BrNO3/c1-30(2,3)29(36)26-25(19-12-15-20(32)16-13-19)31(27(34)21-9-5-6-10-22(21)28(31)35)24-17-14-18-8-4-7-11-23(18)33(24)26/h4-17,24-26H,1-3H3/t24-,25+,26+/m1/s1. The van der Waals surface area contributed by atoms with Gasteiger partial charge in [0, 0.05) is 32.6 Å². The maximum Gasteiger partial charge on any atom is 0.180 e. The summed E-state index contributed by atoms with van der Waals surface area (Å²) in [5.41, 5.74) is 1.44. The van der Waals surface area contributed by atoms with Crippen molar-refractivity contribution in [3.8, 4) is 0 Å². The Balaban J connectivity index is 1.70. The zero-order valence-electron chi connectivity index (χ0n) is 20.4. The molecule has 3 aromatic carbocycles. The van der Waals surface area contributed by atoms with E-state index in [4.69, 9.17) is 0 Å². The summed E-state index contributed by atoms with van der Waals surface area (Å²) in [6.07, 6.45) is 3.95. The lowest BCUT2D eigenvalue weighted by atomic mass is 9.63. The normalized spacial score (nSPS) is 23.6. The fourth-order valence-electron chi connectivity index (χ4n) is 6.40. The highest BCUT2D eigenvalue weighted by molar-refractivity contribution is 9.10. The summed E-state index contributed by atoms with van der Waals surface area (Å²) in [4.78, 5) is 45.3. The fourth-order valence-corrected chi connectivity index (χ4v) is 6.67. The summed E-state index contributed by atoms with van der Waals surface area (Å²) in [6.45, 7) is 5.73. The molecule has 0 bridgehead atoms. The Morgan fingerprint density at radius 1 is 0.861 bits per heavy atom. The molecule has 5 heteroatoms. The molecule has 2 heterocycles. The molecule has 3 aliphatic rings. The maximum absolute atomic E-state index is 14.5. The second-order valence-corrected chi connectivity index (χ2v) is 11.8. The molecule has 180 valence electrons. The molecule has 1 fully saturated rings. The van der Waals surface area contributed by atoms with E-state index in [2.05, 4.69) is 20.8 Å². The van der Waals surface area contributed by atoms with E-state index in [9.17, 15) is 14.4 Å². The maximum atomic E-state index is 14.5. The molecule has 0 unspecified atom stereocenters. The van der Waals surface area contributed by atoms with Gasteiger partial charge in [0.1, 0.15) is 5.41 Å². The van der Waals surface area contributed by atoms with Crippen LogP contribution in [0.4, 0.5) is 5.69 Å². The number of Topliss-reactive ketones (excluding diaryl/α,β-unsaturated/α-hetero) is 3. The molecular weight excluding hydrogens is 514 g/mol. The Bertz CT molecular complexity index is 1430. The second kappa shape index (κ2) is 7.84. The highest BCUT2D eigenvalue weighted by atomic mass is 79.9. The van der Waals surface area contributed by atoms with Crippen molar-refractivity contribution in [1.29, 1.82) is 0 Å². The van der Waals surface area contributed by atoms with E-state index in [-0.39, 0.29) is 17.3 Å². The van der Waals surface area contributed by atoms with Crippen molar-refractivity contribution in [3.63, 3.8) is 0 Å². The van der Waals surface area contributed by atoms with Crippen molar-refractivity contribution in [1.82, 2.24) is 0 Å². The lowest BCUT2D eigenvalue weighted by Gasteiger charge is -2.38. The van der Waals surface area contributed by atoms with E-state index < -0.39 is 28.8 Å². The first-order valence-corrected chi connectivity index (χ1v) is 13.0. The molecule has 3 atom stereocenters. The third-order valence-corrected chi connectivity index (χ3v) is 8.48. The number of ketones is 3. The number of anilines is 1. The topological polar surface area (TPSA) is 54.5 Å². The van der Waals surface area contributed by atoms with E-state index in [0.29, 0.717) is 11.1 Å². The largest absolute Gasteiger partial charge is 0.352 e. The van der Waals surface area contributed by atoms with Gasteiger partial charge in [-0.25, -0.2) is 0 Å². The summed E-state index contributed by atoms with van der Waals surface area (Å²) in [7, 11) is 0. The van der Waals surface area contributed by atoms with E-state index in [1.165, 1.54) is 0 Å². The minimum absolute atomic E-state index is 0.0129. The zero-order chi connectivity index (χ0) is 25.4. The van der Waals surface area contributed by atoms with Gasteiger partial charge in [-0.15, -0.1) is 0 Å². The minimum atomic E-state index is -1.44. The summed E-state index contributed by atoms with van der Waals surface area (Å²) in [6, 6.07) is 21.4. The van der Waals surface area contributed by atoms with Crippen LogP contribution in [0.2, 0.25) is 0 Å². The van der Waals surface area contributed by atoms with Crippen LogP contribution in [0.25, 0.3) is 6.08 Å². The predicted molar refractivity (Wildman–Crippen MR) is 144 cm³/mol. The van der Waals surface area contributed by atoms with Gasteiger partial charge < -0.3 is 4.90 Å². The second-order valence-electron chi connectivity index (χ2n) is 10.9. The predicted octanol–water partition coefficient (Wildman–Crippen LogP) is 6.50. The fraction of sp³-hybridized carbons (Fsp3) is 0.258. The van der Waals surface area contributed by atoms with Crippen LogP contribution in [0.5, 0.6) is 0 Å². The van der Waals surface area contributed by atoms with Crippen molar-refractivity contribution >= 4 is 45.0 Å². The van der Waals surface area contributed by atoms with Gasteiger partial charge in [0.2, 0.25) is 0 Å². The van der Waals surface area contributed by atoms with E-state index in [1.54, 1.807) is 24.3 Å². The quantitative estimate of drug-likeness (QED) is 0.349. The average Bonchev–Trinajstić information content (AvgIpc) is 3.30. The Morgan fingerprint density at radius 2 is 1.44 bits per heavy atom. The SMILES string of the molecule is CC(C)(C)C(=O)[C@@H]1[C@H](c2ccc(Br)cc2)C2(C(=O)c3ccccc3C2=O)[C@H]2C=Cc3ccccc3N12. The monoisotopic (exact) mass is 539 g/mol. The smallest absolute Gasteiger partial charge is 0.180 e. The van der Waals surface area contributed by atoms with Crippen molar-refractivity contribution in [2.24, 2.45) is 10.8 Å². The van der Waals surface area contributed by atoms with Crippen LogP contribution in [0, 0.1) is 10.8 Å². The zero-order valence-corrected chi connectivity index (χ0v) is 22.0. The molecule has 1 aliphatic carbocycles. The first-order valence-electron chi connectivity index (χ1n) is 12.2.